The molecule has 0 aromatic heterocycles. The molecule has 2 heterocycles. The summed E-state index contributed by atoms with van der Waals surface area (Å²) in [6.45, 7) is 3.52. The number of anilines is 2. The molecule has 54 heavy (non-hydrogen) atoms. The second kappa shape index (κ2) is 19.2. The van der Waals surface area contributed by atoms with Crippen molar-refractivity contribution >= 4 is 35.1 Å². The second-order valence-electron chi connectivity index (χ2n) is 12.6. The third-order valence-corrected chi connectivity index (χ3v) is 9.03. The van der Waals surface area contributed by atoms with Gasteiger partial charge in [0.1, 0.15) is 36.2 Å². The topological polar surface area (TPSA) is 141 Å². The number of benzene rings is 4. The Bertz CT molecular complexity index is 1910. The molecule has 2 aliphatic heterocycles. The molecule has 0 saturated carbocycles. The maximum absolute atomic E-state index is 12.3. The Hall–Kier alpha value is -6.04. The van der Waals surface area contributed by atoms with Crippen molar-refractivity contribution in [1.82, 2.24) is 0 Å². The van der Waals surface area contributed by atoms with Crippen molar-refractivity contribution in [1.29, 1.82) is 0 Å². The Labute approximate surface area is 315 Å². The van der Waals surface area contributed by atoms with Crippen molar-refractivity contribution in [2.75, 3.05) is 43.7 Å². The van der Waals surface area contributed by atoms with Crippen molar-refractivity contribution in [2.45, 2.75) is 58.7 Å². The quantitative estimate of drug-likeness (QED) is 0.134. The van der Waals surface area contributed by atoms with Gasteiger partial charge in [-0.25, -0.2) is 0 Å². The van der Waals surface area contributed by atoms with Crippen molar-refractivity contribution in [2.24, 2.45) is 0 Å². The van der Waals surface area contributed by atoms with E-state index in [0.29, 0.717) is 52.0 Å². The number of carbonyl (C=O) groups excluding carboxylic acids is 3. The summed E-state index contributed by atoms with van der Waals surface area (Å²) in [6.07, 6.45) is 2.24. The molecule has 0 unspecified atom stereocenters. The van der Waals surface area contributed by atoms with E-state index in [1.54, 1.807) is 30.9 Å². The maximum Gasteiger partial charge on any atom is 0.307 e. The number of carboxylic acid groups (broad SMARTS) is 1. The van der Waals surface area contributed by atoms with Gasteiger partial charge in [0.2, 0.25) is 11.8 Å². The number of carboxylic acids is 1. The van der Waals surface area contributed by atoms with Gasteiger partial charge in [-0.15, -0.1) is 0 Å². The first kappa shape index (κ1) is 39.2. The van der Waals surface area contributed by atoms with Crippen LogP contribution in [0.4, 0.5) is 11.4 Å². The van der Waals surface area contributed by atoms with Crippen LogP contribution >= 0.6 is 0 Å². The van der Waals surface area contributed by atoms with E-state index in [0.717, 1.165) is 56.6 Å². The van der Waals surface area contributed by atoms with Gasteiger partial charge in [-0.1, -0.05) is 24.3 Å². The highest BCUT2D eigenvalue weighted by Crippen LogP contribution is 2.33. The summed E-state index contributed by atoms with van der Waals surface area (Å²) in [5.74, 6) is 1.89. The van der Waals surface area contributed by atoms with E-state index in [2.05, 4.69) is 0 Å². The monoisotopic (exact) mass is 738 g/mol. The number of ether oxygens (including phenoxy) is 5. The van der Waals surface area contributed by atoms with Gasteiger partial charge in [0.25, 0.3) is 0 Å². The van der Waals surface area contributed by atoms with Crippen LogP contribution in [0.5, 0.6) is 23.0 Å². The standard InChI is InChI=1S/C22H25NO5.C20H21NO5/c1-3-27-22(25)12-13-23-20-10-9-19(14-17(20)6-11-21(23)24)28-15-16-4-7-18(26-2)8-5-16;1-25-16-5-2-14(3-6-16)13-26-17-7-8-18-15(12-17)4-9-19(22)21(18)11-10-20(23)24/h4-5,7-10,14H,3,6,11-13,15H2,1-2H3;2-3,5-8,12H,4,9-11,13H2,1H3,(H,23,24). The average molecular weight is 739 g/mol. The number of esters is 1. The molecule has 4 aromatic carbocycles. The van der Waals surface area contributed by atoms with Crippen LogP contribution in [0.2, 0.25) is 0 Å². The van der Waals surface area contributed by atoms with E-state index in [1.165, 1.54) is 0 Å². The fourth-order valence-corrected chi connectivity index (χ4v) is 6.16. The van der Waals surface area contributed by atoms with E-state index in [4.69, 9.17) is 28.8 Å². The molecule has 0 spiro atoms. The number of rotatable bonds is 15. The van der Waals surface area contributed by atoms with Gasteiger partial charge >= 0.3 is 11.9 Å². The number of hydrogen-bond donors (Lipinski definition) is 1. The first-order chi connectivity index (χ1) is 26.2. The highest BCUT2D eigenvalue weighted by molar-refractivity contribution is 5.97. The van der Waals surface area contributed by atoms with Gasteiger partial charge in [0, 0.05) is 37.3 Å². The first-order valence-corrected chi connectivity index (χ1v) is 17.9. The molecular weight excluding hydrogens is 692 g/mol. The number of amides is 2. The molecule has 0 saturated heterocycles. The van der Waals surface area contributed by atoms with E-state index in [1.807, 2.05) is 84.9 Å². The molecule has 2 aliphatic rings. The molecular formula is C42H46N2O10. The molecule has 284 valence electrons. The van der Waals surface area contributed by atoms with E-state index < -0.39 is 5.97 Å². The third-order valence-electron chi connectivity index (χ3n) is 9.03. The molecule has 2 amide bonds. The summed E-state index contributed by atoms with van der Waals surface area (Å²) in [4.78, 5) is 50.1. The molecule has 0 aliphatic carbocycles. The molecule has 0 bridgehead atoms. The number of aryl methyl sites for hydroxylation is 2. The van der Waals surface area contributed by atoms with Crippen molar-refractivity contribution in [3.63, 3.8) is 0 Å². The summed E-state index contributed by atoms with van der Waals surface area (Å²) in [6, 6.07) is 26.7. The highest BCUT2D eigenvalue weighted by Gasteiger charge is 2.26. The number of aliphatic carboxylic acids is 1. The third kappa shape index (κ3) is 10.8. The van der Waals surface area contributed by atoms with Gasteiger partial charge in [-0.2, -0.15) is 0 Å². The lowest BCUT2D eigenvalue weighted by Gasteiger charge is -2.29. The zero-order chi connectivity index (χ0) is 38.5. The Kier molecular flexibility index (Phi) is 13.9. The number of fused-ring (bicyclic) bond motifs is 2. The molecule has 6 rings (SSSR count). The predicted molar refractivity (Wildman–Crippen MR) is 202 cm³/mol. The van der Waals surface area contributed by atoms with E-state index in [-0.39, 0.29) is 37.2 Å². The fraction of sp³-hybridized carbons (Fsp3) is 0.333. The molecule has 1 N–H and O–H groups in total. The van der Waals surface area contributed by atoms with Crippen LogP contribution < -0.4 is 28.7 Å². The van der Waals surface area contributed by atoms with Crippen LogP contribution in [0.15, 0.2) is 84.9 Å². The zero-order valence-electron chi connectivity index (χ0n) is 30.9. The van der Waals surface area contributed by atoms with Crippen molar-refractivity contribution in [3.05, 3.63) is 107 Å². The number of carbonyl (C=O) groups is 4. The van der Waals surface area contributed by atoms with Gasteiger partial charge in [0.05, 0.1) is 33.7 Å². The number of nitrogens with zero attached hydrogens (tertiary/aromatic N) is 2. The van der Waals surface area contributed by atoms with Crippen molar-refractivity contribution in [3.8, 4) is 23.0 Å². The lowest BCUT2D eigenvalue weighted by Crippen LogP contribution is -2.36. The largest absolute Gasteiger partial charge is 0.497 e. The normalized spacial score (nSPS) is 13.2. The summed E-state index contributed by atoms with van der Waals surface area (Å²) in [5.41, 5.74) is 5.75. The Balaban J connectivity index is 0.000000208. The molecule has 12 heteroatoms. The van der Waals surface area contributed by atoms with Crippen LogP contribution in [-0.2, 0) is 50.0 Å². The average Bonchev–Trinajstić information content (AvgIpc) is 3.19. The van der Waals surface area contributed by atoms with Gasteiger partial charge in [-0.05, 0) is 103 Å². The smallest absolute Gasteiger partial charge is 0.307 e. The van der Waals surface area contributed by atoms with Crippen molar-refractivity contribution < 1.29 is 48.0 Å². The first-order valence-electron chi connectivity index (χ1n) is 17.9. The van der Waals surface area contributed by atoms with Crippen LogP contribution in [0.25, 0.3) is 0 Å². The molecule has 0 fully saturated rings. The van der Waals surface area contributed by atoms with Crippen LogP contribution in [0, 0.1) is 0 Å². The van der Waals surface area contributed by atoms with Crippen LogP contribution in [-0.4, -0.2) is 62.8 Å². The Morgan fingerprint density at radius 2 is 1.04 bits per heavy atom. The minimum absolute atomic E-state index is 0.0312. The minimum atomic E-state index is -0.913. The minimum Gasteiger partial charge on any atom is -0.497 e. The molecule has 12 nitrogen and oxygen atoms in total. The van der Waals surface area contributed by atoms with E-state index in [9.17, 15) is 19.2 Å². The lowest BCUT2D eigenvalue weighted by atomic mass is 10.0. The van der Waals surface area contributed by atoms with Crippen LogP contribution in [0.3, 0.4) is 0 Å². The fourth-order valence-electron chi connectivity index (χ4n) is 6.16. The number of hydrogen-bond acceptors (Lipinski definition) is 9. The van der Waals surface area contributed by atoms with Gasteiger partial charge in [0.15, 0.2) is 0 Å². The summed E-state index contributed by atoms with van der Waals surface area (Å²) in [5, 5.41) is 8.87. The highest BCUT2D eigenvalue weighted by atomic mass is 16.5. The molecule has 4 aromatic rings. The van der Waals surface area contributed by atoms with E-state index >= 15 is 0 Å². The lowest BCUT2D eigenvalue weighted by molar-refractivity contribution is -0.143. The van der Waals surface area contributed by atoms with Gasteiger partial charge < -0.3 is 38.6 Å². The van der Waals surface area contributed by atoms with Gasteiger partial charge in [-0.3, -0.25) is 19.2 Å². The summed E-state index contributed by atoms with van der Waals surface area (Å²) >= 11 is 0. The van der Waals surface area contributed by atoms with Crippen LogP contribution in [0.1, 0.15) is 54.9 Å². The Morgan fingerprint density at radius 3 is 1.44 bits per heavy atom. The predicted octanol–water partition coefficient (Wildman–Crippen LogP) is 6.53. The second-order valence-corrected chi connectivity index (χ2v) is 12.6. The summed E-state index contributed by atoms with van der Waals surface area (Å²) < 4.78 is 27.0. The SMILES string of the molecule is CCOC(=O)CCN1C(=O)CCc2cc(OCc3ccc(OC)cc3)ccc21.COc1ccc(COc2ccc3c(c2)CCC(=O)N3CCC(=O)O)cc1. The Morgan fingerprint density at radius 1 is 0.611 bits per heavy atom. The maximum atomic E-state index is 12.3. The zero-order valence-corrected chi connectivity index (χ0v) is 30.9. The summed E-state index contributed by atoms with van der Waals surface area (Å²) in [7, 11) is 3.27. The molecule has 0 radical (unpaired) electrons. The molecule has 0 atom stereocenters. The number of methoxy groups -OCH3 is 2.